The molecule has 1 aromatic rings. The molecule has 1 aliphatic carbocycles. The lowest BCUT2D eigenvalue weighted by Gasteiger charge is -2.45. The fraction of sp³-hybridized carbons (Fsp3) is 0.560. The van der Waals surface area contributed by atoms with Gasteiger partial charge in [-0.05, 0) is 68.6 Å². The molecule has 2 heterocycles. The zero-order valence-electron chi connectivity index (χ0n) is 19.2. The second kappa shape index (κ2) is 9.45. The highest BCUT2D eigenvalue weighted by Gasteiger charge is 2.36. The summed E-state index contributed by atoms with van der Waals surface area (Å²) in [5, 5.41) is 7.01. The predicted molar refractivity (Wildman–Crippen MR) is 126 cm³/mol. The van der Waals surface area contributed by atoms with Gasteiger partial charge in [-0.3, -0.25) is 9.69 Å². The number of nitrogens with zero attached hydrogens (tertiary/aromatic N) is 3. The number of fused-ring (bicyclic) bond motifs is 1. The first kappa shape index (κ1) is 21.9. The Morgan fingerprint density at radius 1 is 1.26 bits per heavy atom. The number of hydrogen-bond donors (Lipinski definition) is 2. The number of rotatable bonds is 9. The summed E-state index contributed by atoms with van der Waals surface area (Å²) in [4.78, 5) is 19.5. The minimum absolute atomic E-state index is 0.0303. The van der Waals surface area contributed by atoms with Crippen molar-refractivity contribution in [2.24, 2.45) is 5.92 Å². The van der Waals surface area contributed by atoms with Gasteiger partial charge in [0.25, 0.3) is 0 Å². The average molecular weight is 424 g/mol. The summed E-state index contributed by atoms with van der Waals surface area (Å²) >= 11 is 0. The highest BCUT2D eigenvalue weighted by Crippen LogP contribution is 2.34. The molecular formula is C25H37N5O. The van der Waals surface area contributed by atoms with E-state index in [1.165, 1.54) is 30.5 Å². The number of nitrogens with one attached hydrogen (secondary N) is 2. The van der Waals surface area contributed by atoms with Crippen molar-refractivity contribution in [3.05, 3.63) is 53.8 Å². The van der Waals surface area contributed by atoms with Gasteiger partial charge in [0.05, 0.1) is 0 Å². The minimum atomic E-state index is -0.766. The zero-order valence-corrected chi connectivity index (χ0v) is 19.2. The Hall–Kier alpha value is -2.31. The maximum Gasteiger partial charge on any atom is 0.223 e. The number of benzene rings is 1. The van der Waals surface area contributed by atoms with Gasteiger partial charge < -0.3 is 20.4 Å². The summed E-state index contributed by atoms with van der Waals surface area (Å²) in [5.74, 6) is 0.181. The van der Waals surface area contributed by atoms with Crippen LogP contribution in [0.4, 0.5) is 5.69 Å². The van der Waals surface area contributed by atoms with Gasteiger partial charge in [0.15, 0.2) is 0 Å². The Labute approximate surface area is 187 Å². The molecule has 0 saturated heterocycles. The molecule has 2 N–H and O–H groups in total. The van der Waals surface area contributed by atoms with E-state index in [0.29, 0.717) is 6.42 Å². The van der Waals surface area contributed by atoms with Crippen LogP contribution in [0.25, 0.3) is 0 Å². The van der Waals surface area contributed by atoms with Gasteiger partial charge in [0, 0.05) is 51.0 Å². The van der Waals surface area contributed by atoms with Crippen molar-refractivity contribution < 1.29 is 4.79 Å². The summed E-state index contributed by atoms with van der Waals surface area (Å²) in [6.07, 6.45) is 12.5. The van der Waals surface area contributed by atoms with Crippen LogP contribution in [0, 0.1) is 5.92 Å². The van der Waals surface area contributed by atoms with Gasteiger partial charge in [0.2, 0.25) is 11.7 Å². The van der Waals surface area contributed by atoms with Crippen LogP contribution in [-0.4, -0.2) is 66.7 Å². The van der Waals surface area contributed by atoms with Crippen LogP contribution in [0.1, 0.15) is 37.3 Å². The molecule has 0 aromatic heterocycles. The third-order valence-electron chi connectivity index (χ3n) is 6.49. The molecule has 1 fully saturated rings. The smallest absolute Gasteiger partial charge is 0.223 e. The van der Waals surface area contributed by atoms with Crippen molar-refractivity contribution in [2.45, 2.75) is 44.9 Å². The lowest BCUT2D eigenvalue weighted by atomic mass is 9.96. The fourth-order valence-corrected chi connectivity index (χ4v) is 4.49. The van der Waals surface area contributed by atoms with Crippen molar-refractivity contribution in [1.29, 1.82) is 0 Å². The maximum absolute atomic E-state index is 12.5. The Balaban J connectivity index is 1.59. The van der Waals surface area contributed by atoms with E-state index in [4.69, 9.17) is 0 Å². The molecule has 3 aliphatic rings. The third-order valence-corrected chi connectivity index (χ3v) is 6.49. The molecule has 31 heavy (non-hydrogen) atoms. The van der Waals surface area contributed by atoms with E-state index in [9.17, 15) is 4.79 Å². The van der Waals surface area contributed by atoms with Crippen molar-refractivity contribution >= 4 is 11.6 Å². The number of amides is 1. The first-order valence-electron chi connectivity index (χ1n) is 11.7. The molecule has 4 rings (SSSR count). The van der Waals surface area contributed by atoms with E-state index in [1.54, 1.807) is 0 Å². The third kappa shape index (κ3) is 5.31. The molecule has 1 atom stereocenters. The number of hydrogen-bond acceptors (Lipinski definition) is 5. The SMILES string of the molecule is CCC(=O)NC1(Nc2cccc3c2CCN(CC2CC2)C3)C=CC=CN1CCN(C)C. The normalized spacial score (nSPS) is 23.2. The van der Waals surface area contributed by atoms with Gasteiger partial charge in [-0.15, -0.1) is 0 Å². The first-order chi connectivity index (χ1) is 15.0. The van der Waals surface area contributed by atoms with E-state index in [1.807, 2.05) is 19.1 Å². The van der Waals surface area contributed by atoms with E-state index in [0.717, 1.165) is 44.2 Å². The van der Waals surface area contributed by atoms with Crippen LogP contribution in [0.15, 0.2) is 42.6 Å². The Kier molecular flexibility index (Phi) is 6.68. The number of carbonyl (C=O) groups excluding carboxylic acids is 1. The second-order valence-corrected chi connectivity index (χ2v) is 9.36. The first-order valence-corrected chi connectivity index (χ1v) is 11.7. The standard InChI is InChI=1S/C25H37N5O/c1-4-24(31)27-25(13-5-6-14-30(25)17-16-28(2)3)26-23-9-7-8-21-19-29(15-12-22(21)23)18-20-10-11-20/h5-9,13-14,20,26H,4,10-12,15-19H2,1-3H3,(H,27,31). The highest BCUT2D eigenvalue weighted by atomic mass is 16.2. The number of allylic oxidation sites excluding steroid dienone is 2. The summed E-state index contributed by atoms with van der Waals surface area (Å²) in [5.41, 5.74) is 3.91. The topological polar surface area (TPSA) is 50.9 Å². The second-order valence-electron chi connectivity index (χ2n) is 9.36. The Morgan fingerprint density at radius 2 is 2.10 bits per heavy atom. The lowest BCUT2D eigenvalue weighted by molar-refractivity contribution is -0.123. The summed E-state index contributed by atoms with van der Waals surface area (Å²) < 4.78 is 0. The van der Waals surface area contributed by atoms with E-state index < -0.39 is 5.79 Å². The maximum atomic E-state index is 12.5. The molecule has 168 valence electrons. The van der Waals surface area contributed by atoms with Crippen molar-refractivity contribution in [3.63, 3.8) is 0 Å². The van der Waals surface area contributed by atoms with E-state index in [2.05, 4.69) is 69.9 Å². The van der Waals surface area contributed by atoms with E-state index >= 15 is 0 Å². The number of carbonyl (C=O) groups is 1. The Bertz CT molecular complexity index is 844. The highest BCUT2D eigenvalue weighted by molar-refractivity contribution is 5.77. The molecule has 0 bridgehead atoms. The van der Waals surface area contributed by atoms with Crippen LogP contribution in [0.3, 0.4) is 0 Å². The van der Waals surface area contributed by atoms with Gasteiger partial charge in [-0.25, -0.2) is 0 Å². The molecular weight excluding hydrogens is 386 g/mol. The van der Waals surface area contributed by atoms with Gasteiger partial charge in [-0.1, -0.05) is 25.1 Å². The van der Waals surface area contributed by atoms with Gasteiger partial charge >= 0.3 is 0 Å². The van der Waals surface area contributed by atoms with Crippen LogP contribution in [-0.2, 0) is 17.8 Å². The van der Waals surface area contributed by atoms with Crippen LogP contribution in [0.2, 0.25) is 0 Å². The molecule has 2 aliphatic heterocycles. The molecule has 1 amide bonds. The Morgan fingerprint density at radius 3 is 2.84 bits per heavy atom. The van der Waals surface area contributed by atoms with Crippen molar-refractivity contribution in [3.8, 4) is 0 Å². The molecule has 0 spiro atoms. The lowest BCUT2D eigenvalue weighted by Crippen LogP contribution is -2.64. The molecule has 1 unspecified atom stereocenters. The molecule has 6 nitrogen and oxygen atoms in total. The van der Waals surface area contributed by atoms with Gasteiger partial charge in [-0.2, -0.15) is 0 Å². The van der Waals surface area contributed by atoms with Crippen molar-refractivity contribution in [2.75, 3.05) is 45.6 Å². The monoisotopic (exact) mass is 423 g/mol. The summed E-state index contributed by atoms with van der Waals surface area (Å²) in [6.45, 7) is 6.96. The van der Waals surface area contributed by atoms with Crippen molar-refractivity contribution in [1.82, 2.24) is 20.0 Å². The summed E-state index contributed by atoms with van der Waals surface area (Å²) in [6, 6.07) is 6.56. The van der Waals surface area contributed by atoms with Crippen LogP contribution in [0.5, 0.6) is 0 Å². The number of anilines is 1. The fourth-order valence-electron chi connectivity index (χ4n) is 4.49. The molecule has 6 heteroatoms. The number of likely N-dealkylation sites (N-methyl/N-ethyl adjacent to an activating group) is 1. The predicted octanol–water partition coefficient (Wildman–Crippen LogP) is 2.99. The minimum Gasteiger partial charge on any atom is -0.342 e. The molecule has 1 aromatic carbocycles. The summed E-state index contributed by atoms with van der Waals surface area (Å²) in [7, 11) is 4.15. The average Bonchev–Trinajstić information content (AvgIpc) is 3.57. The largest absolute Gasteiger partial charge is 0.342 e. The van der Waals surface area contributed by atoms with Crippen LogP contribution < -0.4 is 10.6 Å². The molecule has 1 saturated carbocycles. The van der Waals surface area contributed by atoms with Gasteiger partial charge in [0.1, 0.15) is 0 Å². The van der Waals surface area contributed by atoms with Crippen LogP contribution >= 0.6 is 0 Å². The zero-order chi connectivity index (χ0) is 21.8. The van der Waals surface area contributed by atoms with E-state index in [-0.39, 0.29) is 5.91 Å². The quantitative estimate of drug-likeness (QED) is 0.598. The molecule has 0 radical (unpaired) electrons.